The molecule has 3 nitrogen and oxygen atoms in total. The molecule has 0 unspecified atom stereocenters. The molecule has 0 bridgehead atoms. The number of nitrogens with zero attached hydrogens (tertiary/aromatic N) is 1. The van der Waals surface area contributed by atoms with Crippen molar-refractivity contribution in [2.24, 2.45) is 0 Å². The minimum absolute atomic E-state index is 0.649. The van der Waals surface area contributed by atoms with Crippen LogP contribution in [0.1, 0.15) is 5.56 Å². The van der Waals surface area contributed by atoms with E-state index >= 15 is 0 Å². The van der Waals surface area contributed by atoms with E-state index in [4.69, 9.17) is 32.7 Å². The number of aromatic nitrogens is 1. The summed E-state index contributed by atoms with van der Waals surface area (Å²) in [6, 6.07) is 19.6. The predicted molar refractivity (Wildman–Crippen MR) is 116 cm³/mol. The molecule has 0 aliphatic rings. The summed E-state index contributed by atoms with van der Waals surface area (Å²) >= 11 is 12.8. The van der Waals surface area contributed by atoms with Gasteiger partial charge in [0.2, 0.25) is 0 Å². The highest BCUT2D eigenvalue weighted by Gasteiger charge is 2.15. The van der Waals surface area contributed by atoms with Crippen molar-refractivity contribution in [3.05, 3.63) is 82.5 Å². The van der Waals surface area contributed by atoms with E-state index in [1.54, 1.807) is 14.2 Å². The molecular formula is C23H19Cl2NO2. The van der Waals surface area contributed by atoms with Crippen LogP contribution in [0.2, 0.25) is 10.0 Å². The van der Waals surface area contributed by atoms with Gasteiger partial charge in [0, 0.05) is 49.9 Å². The van der Waals surface area contributed by atoms with E-state index in [0.29, 0.717) is 16.6 Å². The van der Waals surface area contributed by atoms with Crippen molar-refractivity contribution < 1.29 is 9.47 Å². The Kier molecular flexibility index (Phi) is 5.21. The van der Waals surface area contributed by atoms with Crippen LogP contribution in [0.5, 0.6) is 11.5 Å². The summed E-state index contributed by atoms with van der Waals surface area (Å²) in [6.07, 6.45) is 2.12. The summed E-state index contributed by atoms with van der Waals surface area (Å²) in [5.41, 5.74) is 4.17. The van der Waals surface area contributed by atoms with Gasteiger partial charge >= 0.3 is 0 Å². The summed E-state index contributed by atoms with van der Waals surface area (Å²) in [7, 11) is 3.31. The molecule has 0 fully saturated rings. The molecule has 0 aliphatic carbocycles. The zero-order valence-electron chi connectivity index (χ0n) is 15.6. The molecule has 0 aliphatic heterocycles. The Morgan fingerprint density at radius 2 is 1.68 bits per heavy atom. The van der Waals surface area contributed by atoms with E-state index in [2.05, 4.69) is 10.8 Å². The Morgan fingerprint density at radius 1 is 0.857 bits per heavy atom. The molecule has 3 aromatic carbocycles. The predicted octanol–water partition coefficient (Wildman–Crippen LogP) is 6.68. The highest BCUT2D eigenvalue weighted by Crippen LogP contribution is 2.37. The van der Waals surface area contributed by atoms with Crippen molar-refractivity contribution in [1.82, 2.24) is 4.57 Å². The van der Waals surface area contributed by atoms with Gasteiger partial charge in [-0.15, -0.1) is 0 Å². The molecule has 28 heavy (non-hydrogen) atoms. The molecule has 0 N–H and O–H groups in total. The van der Waals surface area contributed by atoms with E-state index in [1.165, 1.54) is 0 Å². The van der Waals surface area contributed by atoms with Crippen molar-refractivity contribution in [3.63, 3.8) is 0 Å². The number of hydrogen-bond acceptors (Lipinski definition) is 2. The molecule has 0 saturated carbocycles. The molecule has 142 valence electrons. The largest absolute Gasteiger partial charge is 0.497 e. The fraction of sp³-hybridized carbons (Fsp3) is 0.130. The van der Waals surface area contributed by atoms with Gasteiger partial charge in [0.25, 0.3) is 0 Å². The number of hydrogen-bond donors (Lipinski definition) is 0. The maximum absolute atomic E-state index is 6.47. The van der Waals surface area contributed by atoms with Crippen molar-refractivity contribution in [2.45, 2.75) is 6.54 Å². The van der Waals surface area contributed by atoms with Gasteiger partial charge in [0.15, 0.2) is 0 Å². The lowest BCUT2D eigenvalue weighted by molar-refractivity contribution is 0.390. The van der Waals surface area contributed by atoms with Crippen LogP contribution in [0.4, 0.5) is 0 Å². The number of halogens is 2. The quantitative estimate of drug-likeness (QED) is 0.365. The average Bonchev–Trinajstić information content (AvgIpc) is 3.06. The summed E-state index contributed by atoms with van der Waals surface area (Å²) in [5.74, 6) is 1.55. The van der Waals surface area contributed by atoms with Crippen LogP contribution in [0.3, 0.4) is 0 Å². The first-order chi connectivity index (χ1) is 13.6. The Labute approximate surface area is 174 Å². The minimum atomic E-state index is 0.649. The molecule has 0 saturated heterocycles. The third-order valence-electron chi connectivity index (χ3n) is 4.84. The van der Waals surface area contributed by atoms with Crippen LogP contribution in [-0.4, -0.2) is 18.8 Å². The van der Waals surface area contributed by atoms with Crippen LogP contribution in [0.15, 0.2) is 66.9 Å². The van der Waals surface area contributed by atoms with Gasteiger partial charge < -0.3 is 14.0 Å². The van der Waals surface area contributed by atoms with Gasteiger partial charge in [-0.3, -0.25) is 0 Å². The monoisotopic (exact) mass is 411 g/mol. The zero-order valence-corrected chi connectivity index (χ0v) is 17.1. The van der Waals surface area contributed by atoms with Gasteiger partial charge in [-0.25, -0.2) is 0 Å². The fourth-order valence-corrected chi connectivity index (χ4v) is 3.87. The number of benzene rings is 3. The normalized spacial score (nSPS) is 11.0. The number of ether oxygens (including phenoxy) is 2. The second-order valence-electron chi connectivity index (χ2n) is 6.49. The maximum atomic E-state index is 6.47. The van der Waals surface area contributed by atoms with Crippen molar-refractivity contribution in [2.75, 3.05) is 14.2 Å². The molecule has 0 amide bonds. The van der Waals surface area contributed by atoms with Crippen LogP contribution >= 0.6 is 23.2 Å². The third-order valence-corrected chi connectivity index (χ3v) is 5.41. The summed E-state index contributed by atoms with van der Waals surface area (Å²) in [5, 5.41) is 2.47. The minimum Gasteiger partial charge on any atom is -0.497 e. The number of rotatable bonds is 5. The molecule has 0 spiro atoms. The van der Waals surface area contributed by atoms with Gasteiger partial charge in [0.1, 0.15) is 11.5 Å². The van der Waals surface area contributed by atoms with E-state index < -0.39 is 0 Å². The second-order valence-corrected chi connectivity index (χ2v) is 7.33. The van der Waals surface area contributed by atoms with Crippen molar-refractivity contribution >= 4 is 34.1 Å². The lowest BCUT2D eigenvalue weighted by Gasteiger charge is -2.12. The Hall–Kier alpha value is -2.62. The fourth-order valence-electron chi connectivity index (χ4n) is 3.46. The van der Waals surface area contributed by atoms with Gasteiger partial charge in [-0.1, -0.05) is 41.4 Å². The average molecular weight is 412 g/mol. The Balaban J connectivity index is 1.86. The SMILES string of the molecule is COc1ccc(Cn2cc(-c3ccccc3Cl)c3cc(Cl)ccc32)c(OC)c1. The van der Waals surface area contributed by atoms with Crippen LogP contribution in [0, 0.1) is 0 Å². The maximum Gasteiger partial charge on any atom is 0.127 e. The molecule has 5 heteroatoms. The molecular weight excluding hydrogens is 393 g/mol. The topological polar surface area (TPSA) is 23.4 Å². The van der Waals surface area contributed by atoms with Gasteiger partial charge in [-0.05, 0) is 36.4 Å². The summed E-state index contributed by atoms with van der Waals surface area (Å²) in [6.45, 7) is 0.649. The van der Waals surface area contributed by atoms with E-state index in [-0.39, 0.29) is 0 Å². The molecule has 0 atom stereocenters. The standard InChI is InChI=1S/C23H19Cl2NO2/c1-27-17-9-7-15(23(12-17)28-2)13-26-14-20(18-5-3-4-6-21(18)25)19-11-16(24)8-10-22(19)26/h3-12,14H,13H2,1-2H3. The zero-order chi connectivity index (χ0) is 19.7. The van der Waals surface area contributed by atoms with E-state index in [1.807, 2.05) is 60.7 Å². The van der Waals surface area contributed by atoms with Gasteiger partial charge in [0.05, 0.1) is 20.8 Å². The molecule has 4 rings (SSSR count). The highest BCUT2D eigenvalue weighted by atomic mass is 35.5. The smallest absolute Gasteiger partial charge is 0.127 e. The molecule has 0 radical (unpaired) electrons. The summed E-state index contributed by atoms with van der Waals surface area (Å²) < 4.78 is 13.1. The first-order valence-electron chi connectivity index (χ1n) is 8.85. The number of methoxy groups -OCH3 is 2. The highest BCUT2D eigenvalue weighted by molar-refractivity contribution is 6.34. The lowest BCUT2D eigenvalue weighted by atomic mass is 10.1. The van der Waals surface area contributed by atoms with Crippen LogP contribution in [-0.2, 0) is 6.54 Å². The van der Waals surface area contributed by atoms with Crippen LogP contribution in [0.25, 0.3) is 22.0 Å². The lowest BCUT2D eigenvalue weighted by Crippen LogP contribution is -2.01. The molecule has 1 heterocycles. The van der Waals surface area contributed by atoms with Crippen LogP contribution < -0.4 is 9.47 Å². The van der Waals surface area contributed by atoms with Crippen molar-refractivity contribution in [1.29, 1.82) is 0 Å². The first-order valence-corrected chi connectivity index (χ1v) is 9.60. The summed E-state index contributed by atoms with van der Waals surface area (Å²) in [4.78, 5) is 0. The first kappa shape index (κ1) is 18.7. The molecule has 1 aromatic heterocycles. The van der Waals surface area contributed by atoms with E-state index in [9.17, 15) is 0 Å². The second kappa shape index (κ2) is 7.78. The third kappa shape index (κ3) is 3.44. The molecule has 4 aromatic rings. The number of fused-ring (bicyclic) bond motifs is 1. The van der Waals surface area contributed by atoms with Gasteiger partial charge in [-0.2, -0.15) is 0 Å². The van der Waals surface area contributed by atoms with Crippen molar-refractivity contribution in [3.8, 4) is 22.6 Å². The Bertz CT molecular complexity index is 1150. The Morgan fingerprint density at radius 3 is 2.43 bits per heavy atom. The van der Waals surface area contributed by atoms with E-state index in [0.717, 1.165) is 39.1 Å².